The van der Waals surface area contributed by atoms with Crippen LogP contribution in [0.3, 0.4) is 0 Å². The smallest absolute Gasteiger partial charge is 0.214 e. The Labute approximate surface area is 62.8 Å². The minimum atomic E-state index is -0.333. The Morgan fingerprint density at radius 2 is 1.60 bits per heavy atom. The second-order valence-electron chi connectivity index (χ2n) is 2.95. The summed E-state index contributed by atoms with van der Waals surface area (Å²) < 4.78 is 0. The van der Waals surface area contributed by atoms with Crippen LogP contribution in [0, 0.1) is 0 Å². The molecule has 0 aliphatic heterocycles. The monoisotopic (exact) mass is 146 g/mol. The van der Waals surface area contributed by atoms with Gasteiger partial charge in [-0.15, -0.1) is 0 Å². The van der Waals surface area contributed by atoms with Gasteiger partial charge >= 0.3 is 0 Å². The maximum Gasteiger partial charge on any atom is 0.214 e. The van der Waals surface area contributed by atoms with Gasteiger partial charge in [0.25, 0.3) is 0 Å². The summed E-state index contributed by atoms with van der Waals surface area (Å²) in [6.45, 7) is 7.43. The largest absolute Gasteiger partial charge is 0.370 e. The number of carbonyl (C=O) groups is 1. The SMILES string of the molecule is CC(N)=O.CCC(C)(C)N. The van der Waals surface area contributed by atoms with E-state index < -0.39 is 0 Å². The highest BCUT2D eigenvalue weighted by atomic mass is 16.1. The normalized spacial score (nSPS) is 9.70. The number of carbonyl (C=O) groups excluding carboxylic acids is 1. The molecule has 3 heteroatoms. The highest BCUT2D eigenvalue weighted by Gasteiger charge is 2.03. The van der Waals surface area contributed by atoms with Crippen molar-refractivity contribution in [2.75, 3.05) is 0 Å². The zero-order chi connectivity index (χ0) is 8.78. The summed E-state index contributed by atoms with van der Waals surface area (Å²) >= 11 is 0. The molecule has 0 aromatic rings. The fourth-order valence-electron chi connectivity index (χ4n) is 0. The van der Waals surface area contributed by atoms with E-state index in [0.29, 0.717) is 0 Å². The highest BCUT2D eigenvalue weighted by Crippen LogP contribution is 1.99. The zero-order valence-electron chi connectivity index (χ0n) is 7.27. The van der Waals surface area contributed by atoms with Gasteiger partial charge in [-0.3, -0.25) is 4.79 Å². The Bertz CT molecular complexity index is 90.3. The molecular weight excluding hydrogens is 128 g/mol. The van der Waals surface area contributed by atoms with Crippen LogP contribution in [0.25, 0.3) is 0 Å². The lowest BCUT2D eigenvalue weighted by atomic mass is 10.1. The molecule has 0 spiro atoms. The van der Waals surface area contributed by atoms with Gasteiger partial charge in [-0.2, -0.15) is 0 Å². The third-order valence-corrected chi connectivity index (χ3v) is 0.911. The lowest BCUT2D eigenvalue weighted by Crippen LogP contribution is -2.30. The zero-order valence-corrected chi connectivity index (χ0v) is 7.27. The minimum absolute atomic E-state index is 0.0417. The van der Waals surface area contributed by atoms with Gasteiger partial charge in [-0.05, 0) is 20.3 Å². The van der Waals surface area contributed by atoms with Crippen molar-refractivity contribution in [2.24, 2.45) is 11.5 Å². The Kier molecular flexibility index (Phi) is 6.35. The standard InChI is InChI=1S/C5H13N.C2H5NO/c1-4-5(2,3)6;1-2(3)4/h4,6H2,1-3H3;1H3,(H2,3,4). The van der Waals surface area contributed by atoms with E-state index in [9.17, 15) is 4.79 Å². The molecule has 0 aliphatic carbocycles. The number of hydrogen-bond acceptors (Lipinski definition) is 2. The first-order chi connectivity index (χ1) is 4.29. The summed E-state index contributed by atoms with van der Waals surface area (Å²) in [6.07, 6.45) is 1.05. The molecule has 0 saturated heterocycles. The molecule has 10 heavy (non-hydrogen) atoms. The van der Waals surface area contributed by atoms with Crippen molar-refractivity contribution < 1.29 is 4.79 Å². The van der Waals surface area contributed by atoms with Crippen LogP contribution in [0.1, 0.15) is 34.1 Å². The quantitative estimate of drug-likeness (QED) is 0.569. The van der Waals surface area contributed by atoms with E-state index in [1.165, 1.54) is 6.92 Å². The Hall–Kier alpha value is -0.570. The molecule has 0 saturated carbocycles. The molecule has 3 nitrogen and oxygen atoms in total. The summed E-state index contributed by atoms with van der Waals surface area (Å²) in [5, 5.41) is 0. The summed E-state index contributed by atoms with van der Waals surface area (Å²) in [7, 11) is 0. The summed E-state index contributed by atoms with van der Waals surface area (Å²) in [4.78, 5) is 9.22. The second-order valence-corrected chi connectivity index (χ2v) is 2.95. The van der Waals surface area contributed by atoms with Crippen LogP contribution >= 0.6 is 0 Å². The van der Waals surface area contributed by atoms with Crippen molar-refractivity contribution in [3.05, 3.63) is 0 Å². The third-order valence-electron chi connectivity index (χ3n) is 0.911. The topological polar surface area (TPSA) is 69.1 Å². The molecule has 0 aromatic carbocycles. The molecular formula is C7H18N2O. The van der Waals surface area contributed by atoms with Gasteiger partial charge < -0.3 is 11.5 Å². The first-order valence-corrected chi connectivity index (χ1v) is 3.34. The van der Waals surface area contributed by atoms with Crippen molar-refractivity contribution in [3.63, 3.8) is 0 Å². The van der Waals surface area contributed by atoms with E-state index in [1.54, 1.807) is 0 Å². The van der Waals surface area contributed by atoms with E-state index in [2.05, 4.69) is 12.7 Å². The van der Waals surface area contributed by atoms with Crippen molar-refractivity contribution in [2.45, 2.75) is 39.7 Å². The van der Waals surface area contributed by atoms with Crippen LogP contribution in [-0.4, -0.2) is 11.4 Å². The molecule has 4 N–H and O–H groups in total. The molecule has 0 fully saturated rings. The third kappa shape index (κ3) is 52.0. The second kappa shape index (κ2) is 5.23. The maximum absolute atomic E-state index is 9.22. The van der Waals surface area contributed by atoms with Crippen LogP contribution in [0.4, 0.5) is 0 Å². The number of primary amides is 1. The molecule has 0 heterocycles. The van der Waals surface area contributed by atoms with Crippen molar-refractivity contribution in [1.29, 1.82) is 0 Å². The van der Waals surface area contributed by atoms with E-state index in [0.717, 1.165) is 6.42 Å². The number of nitrogens with two attached hydrogens (primary N) is 2. The predicted octanol–water partition coefficient (Wildman–Crippen LogP) is 0.625. The first kappa shape index (κ1) is 12.1. The lowest BCUT2D eigenvalue weighted by molar-refractivity contribution is -0.115. The van der Waals surface area contributed by atoms with Gasteiger partial charge in [0.1, 0.15) is 0 Å². The Balaban J connectivity index is 0. The van der Waals surface area contributed by atoms with Gasteiger partial charge in [-0.1, -0.05) is 6.92 Å². The minimum Gasteiger partial charge on any atom is -0.370 e. The molecule has 62 valence electrons. The summed E-state index contributed by atoms with van der Waals surface area (Å²) in [5.74, 6) is -0.333. The summed E-state index contributed by atoms with van der Waals surface area (Å²) in [6, 6.07) is 0. The molecule has 0 aliphatic rings. The fraction of sp³-hybridized carbons (Fsp3) is 0.857. The molecule has 0 aromatic heterocycles. The van der Waals surface area contributed by atoms with E-state index in [1.807, 2.05) is 13.8 Å². The molecule has 0 rings (SSSR count). The van der Waals surface area contributed by atoms with Gasteiger partial charge in [0.05, 0.1) is 0 Å². The van der Waals surface area contributed by atoms with Crippen LogP contribution in [0.15, 0.2) is 0 Å². The molecule has 0 radical (unpaired) electrons. The van der Waals surface area contributed by atoms with Gasteiger partial charge in [-0.25, -0.2) is 0 Å². The van der Waals surface area contributed by atoms with Gasteiger partial charge in [0.2, 0.25) is 5.91 Å². The van der Waals surface area contributed by atoms with Crippen molar-refractivity contribution >= 4 is 5.91 Å². The fourth-order valence-corrected chi connectivity index (χ4v) is 0. The highest BCUT2D eigenvalue weighted by molar-refractivity contribution is 5.70. The molecule has 0 atom stereocenters. The van der Waals surface area contributed by atoms with Gasteiger partial charge in [0.15, 0.2) is 0 Å². The number of rotatable bonds is 1. The predicted molar refractivity (Wildman–Crippen MR) is 43.4 cm³/mol. The average Bonchev–Trinajstić information content (AvgIpc) is 1.63. The van der Waals surface area contributed by atoms with Crippen molar-refractivity contribution in [1.82, 2.24) is 0 Å². The van der Waals surface area contributed by atoms with Crippen LogP contribution in [0.5, 0.6) is 0 Å². The Morgan fingerprint density at radius 3 is 1.60 bits per heavy atom. The Morgan fingerprint density at radius 1 is 1.50 bits per heavy atom. The summed E-state index contributed by atoms with van der Waals surface area (Å²) in [5.41, 5.74) is 10.0. The van der Waals surface area contributed by atoms with E-state index >= 15 is 0 Å². The van der Waals surface area contributed by atoms with Crippen LogP contribution in [-0.2, 0) is 4.79 Å². The lowest BCUT2D eigenvalue weighted by Gasteiger charge is -2.13. The average molecular weight is 146 g/mol. The van der Waals surface area contributed by atoms with Crippen molar-refractivity contribution in [3.8, 4) is 0 Å². The molecule has 0 unspecified atom stereocenters. The van der Waals surface area contributed by atoms with Crippen LogP contribution in [0.2, 0.25) is 0 Å². The van der Waals surface area contributed by atoms with E-state index in [-0.39, 0.29) is 11.4 Å². The number of hydrogen-bond donors (Lipinski definition) is 2. The van der Waals surface area contributed by atoms with Gasteiger partial charge in [0, 0.05) is 12.5 Å². The maximum atomic E-state index is 9.22. The molecule has 0 bridgehead atoms. The van der Waals surface area contributed by atoms with E-state index in [4.69, 9.17) is 5.73 Å². The number of amides is 1. The van der Waals surface area contributed by atoms with Crippen LogP contribution < -0.4 is 11.5 Å². The first-order valence-electron chi connectivity index (χ1n) is 3.34. The molecule has 1 amide bonds.